The van der Waals surface area contributed by atoms with Crippen molar-refractivity contribution < 1.29 is 4.79 Å². The van der Waals surface area contributed by atoms with Crippen molar-refractivity contribution >= 4 is 17.3 Å². The van der Waals surface area contributed by atoms with E-state index >= 15 is 0 Å². The molecule has 1 aromatic rings. The van der Waals surface area contributed by atoms with Crippen LogP contribution in [0, 0.1) is 6.92 Å². The molecule has 118 valence electrons. The number of nitrogens with zero attached hydrogens (tertiary/aromatic N) is 1. The highest BCUT2D eigenvalue weighted by molar-refractivity contribution is 5.92. The van der Waals surface area contributed by atoms with Gasteiger partial charge in [-0.25, -0.2) is 0 Å². The Morgan fingerprint density at radius 2 is 1.95 bits per heavy atom. The first kappa shape index (κ1) is 17.5. The predicted octanol–water partition coefficient (Wildman–Crippen LogP) is 3.42. The molecule has 0 saturated heterocycles. The zero-order chi connectivity index (χ0) is 15.7. The molecule has 0 aromatic heterocycles. The zero-order valence-electron chi connectivity index (χ0n) is 13.6. The number of nitrogens with two attached hydrogens (primary N) is 1. The highest BCUT2D eigenvalue weighted by Gasteiger charge is 2.07. The molecule has 1 rings (SSSR count). The fourth-order valence-corrected chi connectivity index (χ4v) is 2.27. The summed E-state index contributed by atoms with van der Waals surface area (Å²) in [6.45, 7) is 9.47. The van der Waals surface area contributed by atoms with E-state index in [0.29, 0.717) is 12.1 Å². The third-order valence-electron chi connectivity index (χ3n) is 3.80. The molecule has 0 aliphatic heterocycles. The lowest BCUT2D eigenvalue weighted by Gasteiger charge is -2.19. The van der Waals surface area contributed by atoms with Crippen LogP contribution in [0.15, 0.2) is 18.2 Å². The Labute approximate surface area is 128 Å². The molecule has 0 unspecified atom stereocenters. The Hall–Kier alpha value is -1.55. The van der Waals surface area contributed by atoms with Gasteiger partial charge in [0.05, 0.1) is 0 Å². The van der Waals surface area contributed by atoms with Crippen LogP contribution in [0.2, 0.25) is 0 Å². The van der Waals surface area contributed by atoms with Crippen molar-refractivity contribution in [1.29, 1.82) is 0 Å². The Bertz CT molecular complexity index is 446. The van der Waals surface area contributed by atoms with E-state index in [0.717, 1.165) is 37.3 Å². The standard InChI is InChI=1S/C17H29N3O/c1-4-6-12-20(5-2)13-8-11-17(21)19-16-10-7-9-15(18)14(16)3/h7,9-10H,4-6,8,11-13,18H2,1-3H3,(H,19,21). The first-order valence-corrected chi connectivity index (χ1v) is 7.95. The molecule has 1 amide bonds. The second-order valence-corrected chi connectivity index (χ2v) is 5.46. The topological polar surface area (TPSA) is 58.4 Å². The first-order chi connectivity index (χ1) is 10.1. The van der Waals surface area contributed by atoms with Crippen molar-refractivity contribution in [3.05, 3.63) is 23.8 Å². The summed E-state index contributed by atoms with van der Waals surface area (Å²) < 4.78 is 0. The fourth-order valence-electron chi connectivity index (χ4n) is 2.27. The highest BCUT2D eigenvalue weighted by Crippen LogP contribution is 2.20. The van der Waals surface area contributed by atoms with Crippen molar-refractivity contribution in [2.24, 2.45) is 0 Å². The number of hydrogen-bond acceptors (Lipinski definition) is 3. The summed E-state index contributed by atoms with van der Waals surface area (Å²) in [6, 6.07) is 5.60. The minimum Gasteiger partial charge on any atom is -0.398 e. The van der Waals surface area contributed by atoms with Gasteiger partial charge in [-0.3, -0.25) is 4.79 Å². The second kappa shape index (κ2) is 9.40. The molecule has 0 fully saturated rings. The van der Waals surface area contributed by atoms with E-state index < -0.39 is 0 Å². The lowest BCUT2D eigenvalue weighted by Crippen LogP contribution is -2.26. The molecule has 0 saturated carbocycles. The van der Waals surface area contributed by atoms with Crippen molar-refractivity contribution in [2.45, 2.75) is 46.5 Å². The first-order valence-electron chi connectivity index (χ1n) is 7.95. The molecule has 0 aliphatic carbocycles. The number of rotatable bonds is 9. The summed E-state index contributed by atoms with van der Waals surface area (Å²) in [4.78, 5) is 14.4. The van der Waals surface area contributed by atoms with E-state index in [2.05, 4.69) is 24.1 Å². The normalized spacial score (nSPS) is 10.9. The van der Waals surface area contributed by atoms with Gasteiger partial charge in [-0.05, 0) is 57.1 Å². The molecule has 0 atom stereocenters. The van der Waals surface area contributed by atoms with Crippen LogP contribution in [0.4, 0.5) is 11.4 Å². The van der Waals surface area contributed by atoms with E-state index in [-0.39, 0.29) is 5.91 Å². The lowest BCUT2D eigenvalue weighted by atomic mass is 10.1. The van der Waals surface area contributed by atoms with Gasteiger partial charge < -0.3 is 16.0 Å². The molecule has 4 heteroatoms. The number of anilines is 2. The second-order valence-electron chi connectivity index (χ2n) is 5.46. The minimum atomic E-state index is 0.0650. The minimum absolute atomic E-state index is 0.0650. The smallest absolute Gasteiger partial charge is 0.224 e. The SMILES string of the molecule is CCCCN(CC)CCCC(=O)Nc1cccc(N)c1C. The molecular formula is C17H29N3O. The van der Waals surface area contributed by atoms with Crippen LogP contribution in [-0.4, -0.2) is 30.4 Å². The third kappa shape index (κ3) is 6.17. The quantitative estimate of drug-likeness (QED) is 0.685. The van der Waals surface area contributed by atoms with Crippen LogP contribution in [0.25, 0.3) is 0 Å². The van der Waals surface area contributed by atoms with E-state index in [9.17, 15) is 4.79 Å². The Kier molecular flexibility index (Phi) is 7.83. The Morgan fingerprint density at radius 1 is 1.24 bits per heavy atom. The van der Waals surface area contributed by atoms with Gasteiger partial charge in [0.25, 0.3) is 0 Å². The molecule has 0 heterocycles. The van der Waals surface area contributed by atoms with Crippen molar-refractivity contribution in [3.63, 3.8) is 0 Å². The number of carbonyl (C=O) groups excluding carboxylic acids is 1. The van der Waals surface area contributed by atoms with Crippen molar-refractivity contribution in [1.82, 2.24) is 4.90 Å². The number of amides is 1. The summed E-state index contributed by atoms with van der Waals surface area (Å²) in [5, 5.41) is 2.95. The van der Waals surface area contributed by atoms with Crippen molar-refractivity contribution in [2.75, 3.05) is 30.7 Å². The zero-order valence-corrected chi connectivity index (χ0v) is 13.6. The maximum atomic E-state index is 12.0. The average molecular weight is 291 g/mol. The maximum Gasteiger partial charge on any atom is 0.224 e. The van der Waals surface area contributed by atoms with Crippen LogP contribution < -0.4 is 11.1 Å². The molecular weight excluding hydrogens is 262 g/mol. The van der Waals surface area contributed by atoms with Crippen LogP contribution in [0.5, 0.6) is 0 Å². The van der Waals surface area contributed by atoms with Crippen LogP contribution >= 0.6 is 0 Å². The molecule has 1 aromatic carbocycles. The number of nitrogens with one attached hydrogen (secondary N) is 1. The van der Waals surface area contributed by atoms with Gasteiger partial charge >= 0.3 is 0 Å². The fraction of sp³-hybridized carbons (Fsp3) is 0.588. The van der Waals surface area contributed by atoms with Gasteiger partial charge in [0.15, 0.2) is 0 Å². The number of carbonyl (C=O) groups is 1. The predicted molar refractivity (Wildman–Crippen MR) is 90.5 cm³/mol. The van der Waals surface area contributed by atoms with E-state index in [1.807, 2.05) is 25.1 Å². The molecule has 0 aliphatic rings. The summed E-state index contributed by atoms with van der Waals surface area (Å²) in [5.41, 5.74) is 8.31. The molecule has 21 heavy (non-hydrogen) atoms. The van der Waals surface area contributed by atoms with Gasteiger partial charge in [0, 0.05) is 17.8 Å². The average Bonchev–Trinajstić information content (AvgIpc) is 2.47. The summed E-state index contributed by atoms with van der Waals surface area (Å²) >= 11 is 0. The van der Waals surface area contributed by atoms with Gasteiger partial charge in [-0.15, -0.1) is 0 Å². The Balaban J connectivity index is 2.35. The van der Waals surface area contributed by atoms with Gasteiger partial charge in [-0.1, -0.05) is 26.3 Å². The number of benzene rings is 1. The van der Waals surface area contributed by atoms with Gasteiger partial charge in [-0.2, -0.15) is 0 Å². The highest BCUT2D eigenvalue weighted by atomic mass is 16.1. The van der Waals surface area contributed by atoms with Crippen LogP contribution in [0.1, 0.15) is 45.1 Å². The summed E-state index contributed by atoms with van der Waals surface area (Å²) in [5.74, 6) is 0.0650. The number of unbranched alkanes of at least 4 members (excludes halogenated alkanes) is 1. The van der Waals surface area contributed by atoms with E-state index in [1.54, 1.807) is 0 Å². The van der Waals surface area contributed by atoms with Gasteiger partial charge in [0.1, 0.15) is 0 Å². The maximum absolute atomic E-state index is 12.0. The molecule has 0 spiro atoms. The third-order valence-corrected chi connectivity index (χ3v) is 3.80. The monoisotopic (exact) mass is 291 g/mol. The molecule has 3 N–H and O–H groups in total. The molecule has 0 radical (unpaired) electrons. The van der Waals surface area contributed by atoms with Crippen LogP contribution in [0.3, 0.4) is 0 Å². The van der Waals surface area contributed by atoms with Crippen molar-refractivity contribution in [3.8, 4) is 0 Å². The number of nitrogen functional groups attached to an aromatic ring is 1. The molecule has 4 nitrogen and oxygen atoms in total. The van der Waals surface area contributed by atoms with Crippen LogP contribution in [-0.2, 0) is 4.79 Å². The summed E-state index contributed by atoms with van der Waals surface area (Å²) in [7, 11) is 0. The largest absolute Gasteiger partial charge is 0.398 e. The Morgan fingerprint density at radius 3 is 2.62 bits per heavy atom. The lowest BCUT2D eigenvalue weighted by molar-refractivity contribution is -0.116. The summed E-state index contributed by atoms with van der Waals surface area (Å²) in [6.07, 6.45) is 3.88. The van der Waals surface area contributed by atoms with E-state index in [4.69, 9.17) is 5.73 Å². The van der Waals surface area contributed by atoms with Gasteiger partial charge in [0.2, 0.25) is 5.91 Å². The molecule has 0 bridgehead atoms. The number of hydrogen-bond donors (Lipinski definition) is 2. The van der Waals surface area contributed by atoms with E-state index in [1.165, 1.54) is 12.8 Å².